The second-order valence-electron chi connectivity index (χ2n) is 11.0. The van der Waals surface area contributed by atoms with E-state index < -0.39 is 30.4 Å². The number of imidazole rings is 1. The summed E-state index contributed by atoms with van der Waals surface area (Å²) >= 11 is 0. The summed E-state index contributed by atoms with van der Waals surface area (Å²) in [5.41, 5.74) is 3.93. The van der Waals surface area contributed by atoms with Gasteiger partial charge in [-0.05, 0) is 24.0 Å². The lowest BCUT2D eigenvalue weighted by Gasteiger charge is -2.21. The van der Waals surface area contributed by atoms with Crippen LogP contribution in [0.25, 0.3) is 44.5 Å². The van der Waals surface area contributed by atoms with E-state index in [2.05, 4.69) is 20.4 Å². The third-order valence-electron chi connectivity index (χ3n) is 8.52. The molecule has 1 aliphatic carbocycles. The van der Waals surface area contributed by atoms with E-state index in [4.69, 9.17) is 9.47 Å². The van der Waals surface area contributed by atoms with Crippen LogP contribution < -0.4 is 11.0 Å². The van der Waals surface area contributed by atoms with Gasteiger partial charge in [-0.15, -0.1) is 5.10 Å². The number of methoxy groups -OCH3 is 1. The molecule has 2 aliphatic heterocycles. The number of pyridine rings is 1. The Morgan fingerprint density at radius 3 is 2.71 bits per heavy atom. The van der Waals surface area contributed by atoms with Crippen molar-refractivity contribution >= 4 is 28.2 Å². The Balaban J connectivity index is 1.55. The second kappa shape index (κ2) is 9.79. The number of fused-ring (bicyclic) bond motifs is 5. The summed E-state index contributed by atoms with van der Waals surface area (Å²) in [7, 11) is 4.60. The molecule has 1 saturated carbocycles. The van der Waals surface area contributed by atoms with Crippen molar-refractivity contribution in [1.82, 2.24) is 34.2 Å². The zero-order chi connectivity index (χ0) is 29.3. The molecule has 11 nitrogen and oxygen atoms in total. The average molecular weight is 578 g/mol. The molecule has 5 aromatic rings. The lowest BCUT2D eigenvalue weighted by atomic mass is 9.97. The van der Waals surface area contributed by atoms with E-state index in [1.807, 2.05) is 0 Å². The van der Waals surface area contributed by atoms with Crippen LogP contribution in [0.2, 0.25) is 0 Å². The minimum absolute atomic E-state index is 0.117. The van der Waals surface area contributed by atoms with Crippen molar-refractivity contribution in [2.75, 3.05) is 13.7 Å². The van der Waals surface area contributed by atoms with Crippen LogP contribution in [-0.4, -0.2) is 60.8 Å². The number of ether oxygens (including phenoxy) is 2. The van der Waals surface area contributed by atoms with E-state index in [0.717, 1.165) is 0 Å². The second-order valence-corrected chi connectivity index (χ2v) is 11.0. The van der Waals surface area contributed by atoms with Crippen LogP contribution in [0, 0.1) is 5.95 Å². The molecule has 0 spiro atoms. The first-order chi connectivity index (χ1) is 20.2. The lowest BCUT2D eigenvalue weighted by Crippen LogP contribution is -2.41. The summed E-state index contributed by atoms with van der Waals surface area (Å²) in [4.78, 5) is 34.0. The molecule has 4 bridgehead atoms. The van der Waals surface area contributed by atoms with Crippen molar-refractivity contribution < 1.29 is 23.0 Å². The number of nitrogens with zero attached hydrogens (tertiary/aromatic N) is 5. The van der Waals surface area contributed by atoms with Gasteiger partial charge in [-0.3, -0.25) is 13.8 Å². The number of benzene rings is 1. The molecule has 218 valence electrons. The molecule has 1 fully saturated rings. The van der Waals surface area contributed by atoms with Gasteiger partial charge < -0.3 is 19.8 Å². The lowest BCUT2D eigenvalue weighted by molar-refractivity contribution is 0.0271. The molecule has 4 atom stereocenters. The fraction of sp³-hybridized carbons (Fsp3) is 0.379. The van der Waals surface area contributed by atoms with Crippen LogP contribution in [0.15, 0.2) is 41.5 Å². The maximum atomic E-state index is 15.3. The van der Waals surface area contributed by atoms with Crippen molar-refractivity contribution in [2.45, 2.75) is 43.6 Å². The molecule has 1 amide bonds. The smallest absolute Gasteiger partial charge is 0.407 e. The SMILES string of the molecule is COC(=O)N[C@H]1C[C@H]2C[C@H]1OCC[C@@H](F)c1ccc(cc1)-c1c(-c3cn(C)nc3F)[nH]c3ncc4c(c13)n2c(=O)n4C. The van der Waals surface area contributed by atoms with Crippen LogP contribution in [0.4, 0.5) is 13.6 Å². The number of H-pyrrole nitrogens is 1. The number of alkyl halides is 1. The van der Waals surface area contributed by atoms with Crippen LogP contribution in [0.5, 0.6) is 0 Å². The topological polar surface area (TPSA) is 121 Å². The zero-order valence-corrected chi connectivity index (χ0v) is 23.2. The number of carbonyl (C=O) groups is 1. The third-order valence-corrected chi connectivity index (χ3v) is 8.52. The van der Waals surface area contributed by atoms with Gasteiger partial charge in [0.25, 0.3) is 0 Å². The van der Waals surface area contributed by atoms with Crippen molar-refractivity contribution in [1.29, 1.82) is 0 Å². The molecule has 6 heterocycles. The number of amides is 1. The summed E-state index contributed by atoms with van der Waals surface area (Å²) in [5, 5.41) is 7.36. The number of aryl methyl sites for hydroxylation is 2. The highest BCUT2D eigenvalue weighted by Gasteiger charge is 2.40. The highest BCUT2D eigenvalue weighted by atomic mass is 19.1. The van der Waals surface area contributed by atoms with Gasteiger partial charge in [0.15, 0.2) is 0 Å². The summed E-state index contributed by atoms with van der Waals surface area (Å²) < 4.78 is 46.1. The van der Waals surface area contributed by atoms with Crippen molar-refractivity contribution in [2.24, 2.45) is 14.1 Å². The first-order valence-corrected chi connectivity index (χ1v) is 13.8. The minimum atomic E-state index is -1.28. The van der Waals surface area contributed by atoms with Crippen molar-refractivity contribution in [3.63, 3.8) is 0 Å². The Morgan fingerprint density at radius 1 is 1.21 bits per heavy atom. The molecular weight excluding hydrogens is 548 g/mol. The average Bonchev–Trinajstić information content (AvgIpc) is 3.71. The van der Waals surface area contributed by atoms with Gasteiger partial charge in [0.2, 0.25) is 5.95 Å². The summed E-state index contributed by atoms with van der Waals surface area (Å²) in [6, 6.07) is 6.19. The van der Waals surface area contributed by atoms with E-state index in [0.29, 0.717) is 57.3 Å². The van der Waals surface area contributed by atoms with Gasteiger partial charge in [-0.25, -0.2) is 19.0 Å². The molecule has 8 rings (SSSR count). The number of rotatable bonds is 2. The van der Waals surface area contributed by atoms with Gasteiger partial charge in [0.05, 0.1) is 59.7 Å². The normalized spacial score (nSPS) is 22.1. The highest BCUT2D eigenvalue weighted by molar-refractivity contribution is 6.14. The van der Waals surface area contributed by atoms with Crippen molar-refractivity contribution in [3.8, 4) is 22.4 Å². The molecular formula is C29H29F2N7O4. The molecule has 3 aliphatic rings. The standard InChI is InChI=1S/C29H29F2N7O4/c1-36-13-17(26(31)35-36)24-22-15-6-4-14(5-7-15)18(30)8-9-42-21-11-16(10-19(21)33-28(39)41-3)38-25-20(37(2)29(38)40)12-32-27(34-24)23(22)25/h4-7,12-13,16,18-19,21H,8-11H2,1-3H3,(H,32,34)(H,33,39)/t16-,18+,19-,21+/m0/s1. The van der Waals surface area contributed by atoms with Crippen molar-refractivity contribution in [3.05, 3.63) is 58.7 Å². The Kier molecular flexibility index (Phi) is 6.15. The predicted octanol–water partition coefficient (Wildman–Crippen LogP) is 4.28. The first-order valence-electron chi connectivity index (χ1n) is 13.8. The molecule has 42 heavy (non-hydrogen) atoms. The zero-order valence-electron chi connectivity index (χ0n) is 23.2. The summed E-state index contributed by atoms with van der Waals surface area (Å²) in [6.45, 7) is 0.128. The molecule has 1 aromatic carbocycles. The molecule has 13 heteroatoms. The number of aromatic nitrogens is 6. The number of nitrogens with one attached hydrogen (secondary N) is 2. The predicted molar refractivity (Wildman–Crippen MR) is 150 cm³/mol. The fourth-order valence-electron chi connectivity index (χ4n) is 6.52. The Hall–Kier alpha value is -4.52. The number of hydrogen-bond acceptors (Lipinski definition) is 6. The van der Waals surface area contributed by atoms with Gasteiger partial charge in [0, 0.05) is 38.3 Å². The summed E-state index contributed by atoms with van der Waals surface area (Å²) in [5.74, 6) is -0.661. The van der Waals surface area contributed by atoms with Crippen LogP contribution in [0.3, 0.4) is 0 Å². The van der Waals surface area contributed by atoms with E-state index in [-0.39, 0.29) is 30.3 Å². The quantitative estimate of drug-likeness (QED) is 0.323. The molecule has 2 N–H and O–H groups in total. The summed E-state index contributed by atoms with van der Waals surface area (Å²) in [6.07, 6.45) is 1.75. The molecule has 0 saturated heterocycles. The van der Waals surface area contributed by atoms with Gasteiger partial charge in [-0.1, -0.05) is 24.3 Å². The van der Waals surface area contributed by atoms with Crippen LogP contribution >= 0.6 is 0 Å². The largest absolute Gasteiger partial charge is 0.453 e. The number of alkyl carbamates (subject to hydrolysis) is 1. The van der Waals surface area contributed by atoms with Crippen LogP contribution in [0.1, 0.15) is 37.0 Å². The van der Waals surface area contributed by atoms with Gasteiger partial charge in [-0.2, -0.15) is 4.39 Å². The number of aromatic amines is 1. The third kappa shape index (κ3) is 4.02. The highest BCUT2D eigenvalue weighted by Crippen LogP contribution is 2.44. The Morgan fingerprint density at radius 2 is 2.00 bits per heavy atom. The fourth-order valence-corrected chi connectivity index (χ4v) is 6.52. The number of halogens is 2. The van der Waals surface area contributed by atoms with Gasteiger partial charge in [0.1, 0.15) is 11.8 Å². The van der Waals surface area contributed by atoms with E-state index in [1.165, 1.54) is 11.8 Å². The van der Waals surface area contributed by atoms with Gasteiger partial charge >= 0.3 is 11.8 Å². The molecule has 0 unspecified atom stereocenters. The van der Waals surface area contributed by atoms with Crippen LogP contribution in [-0.2, 0) is 23.6 Å². The molecule has 4 aromatic heterocycles. The van der Waals surface area contributed by atoms with E-state index in [1.54, 1.807) is 59.9 Å². The maximum Gasteiger partial charge on any atom is 0.407 e. The minimum Gasteiger partial charge on any atom is -0.453 e. The monoisotopic (exact) mass is 577 g/mol. The number of carbonyl (C=O) groups excluding carboxylic acids is 1. The van der Waals surface area contributed by atoms with E-state index in [9.17, 15) is 9.59 Å². The maximum absolute atomic E-state index is 15.3. The first kappa shape index (κ1) is 26.4. The number of hydrogen-bond donors (Lipinski definition) is 2. The Labute approximate surface area is 238 Å². The Bertz CT molecular complexity index is 1910. The molecule has 0 radical (unpaired) electrons. The van der Waals surface area contributed by atoms with E-state index >= 15 is 8.78 Å².